The summed E-state index contributed by atoms with van der Waals surface area (Å²) in [5.41, 5.74) is -1.14. The Morgan fingerprint density at radius 1 is 1.36 bits per heavy atom. The molecule has 1 heterocycles. The van der Waals surface area contributed by atoms with Gasteiger partial charge in [0.15, 0.2) is 11.6 Å². The molecule has 8 heteroatoms. The molecule has 120 valence electrons. The first-order chi connectivity index (χ1) is 10.3. The van der Waals surface area contributed by atoms with Crippen LogP contribution < -0.4 is 5.32 Å². The van der Waals surface area contributed by atoms with E-state index in [1.54, 1.807) is 0 Å². The molecule has 2 atom stereocenters. The second kappa shape index (κ2) is 5.98. The number of benzene rings is 1. The maximum Gasteiger partial charge on any atom is 0.325 e. The summed E-state index contributed by atoms with van der Waals surface area (Å²) in [4.78, 5) is 24.9. The second-order valence-corrected chi connectivity index (χ2v) is 5.30. The van der Waals surface area contributed by atoms with E-state index in [9.17, 15) is 23.5 Å². The monoisotopic (exact) mass is 314 g/mol. The van der Waals surface area contributed by atoms with Crippen molar-refractivity contribution in [3.8, 4) is 0 Å². The van der Waals surface area contributed by atoms with Crippen molar-refractivity contribution < 1.29 is 28.2 Å². The molecule has 0 spiro atoms. The number of nitrogens with zero attached hydrogens (tertiary/aromatic N) is 1. The Bertz CT molecular complexity index is 611. The Morgan fingerprint density at radius 2 is 2.05 bits per heavy atom. The van der Waals surface area contributed by atoms with Crippen LogP contribution in [0.15, 0.2) is 18.2 Å². The molecule has 0 unspecified atom stereocenters. The fraction of sp³-hybridized carbons (Fsp3) is 0.429. The van der Waals surface area contributed by atoms with E-state index in [1.165, 1.54) is 20.1 Å². The first-order valence-electron chi connectivity index (χ1n) is 6.54. The summed E-state index contributed by atoms with van der Waals surface area (Å²) in [6, 6.07) is 2.21. The molecule has 1 fully saturated rings. The lowest BCUT2D eigenvalue weighted by molar-refractivity contribution is -0.133. The van der Waals surface area contributed by atoms with Gasteiger partial charge in [-0.05, 0) is 24.6 Å². The summed E-state index contributed by atoms with van der Waals surface area (Å²) in [5.74, 6) is -2.71. The number of hydrogen-bond acceptors (Lipinski definition) is 4. The average molecular weight is 314 g/mol. The lowest BCUT2D eigenvalue weighted by Crippen LogP contribution is -2.48. The summed E-state index contributed by atoms with van der Waals surface area (Å²) in [6.07, 6.45) is -1.32. The Hall–Kier alpha value is -2.06. The summed E-state index contributed by atoms with van der Waals surface area (Å²) >= 11 is 0. The van der Waals surface area contributed by atoms with Crippen LogP contribution in [0, 0.1) is 11.6 Å². The van der Waals surface area contributed by atoms with Crippen molar-refractivity contribution in [3.63, 3.8) is 0 Å². The zero-order valence-corrected chi connectivity index (χ0v) is 12.1. The highest BCUT2D eigenvalue weighted by Crippen LogP contribution is 2.23. The van der Waals surface area contributed by atoms with E-state index >= 15 is 0 Å². The second-order valence-electron chi connectivity index (χ2n) is 5.30. The predicted octanol–water partition coefficient (Wildman–Crippen LogP) is 0.955. The molecule has 0 aromatic heterocycles. The lowest BCUT2D eigenvalue weighted by atomic mass is 10.0. The fourth-order valence-electron chi connectivity index (χ4n) is 2.30. The van der Waals surface area contributed by atoms with E-state index in [0.717, 1.165) is 17.0 Å². The third kappa shape index (κ3) is 2.93. The number of halogens is 2. The number of rotatable bonds is 5. The molecule has 0 aliphatic carbocycles. The van der Waals surface area contributed by atoms with Crippen LogP contribution in [0.25, 0.3) is 0 Å². The standard InChI is InChI=1S/C14H16F2N2O4/c1-14(7-22-2)12(20)18(13(21)17-14)6-11(19)8-3-4-9(15)10(16)5-8/h3-5,11,19H,6-7H2,1-2H3,(H,17,21)/t11-,14-/m0/s1. The van der Waals surface area contributed by atoms with E-state index in [-0.39, 0.29) is 18.7 Å². The van der Waals surface area contributed by atoms with Gasteiger partial charge in [-0.25, -0.2) is 13.6 Å². The summed E-state index contributed by atoms with van der Waals surface area (Å²) in [5, 5.41) is 12.5. The summed E-state index contributed by atoms with van der Waals surface area (Å²) < 4.78 is 30.9. The number of carbonyl (C=O) groups is 2. The van der Waals surface area contributed by atoms with Gasteiger partial charge in [-0.3, -0.25) is 9.69 Å². The van der Waals surface area contributed by atoms with Crippen molar-refractivity contribution in [2.75, 3.05) is 20.3 Å². The van der Waals surface area contributed by atoms with Crippen LogP contribution in [0.3, 0.4) is 0 Å². The van der Waals surface area contributed by atoms with Crippen LogP contribution >= 0.6 is 0 Å². The Labute approximate surface area is 125 Å². The highest BCUT2D eigenvalue weighted by molar-refractivity contribution is 6.06. The molecule has 3 amide bonds. The number of imide groups is 1. The van der Waals surface area contributed by atoms with Gasteiger partial charge in [0, 0.05) is 7.11 Å². The molecule has 2 N–H and O–H groups in total. The van der Waals surface area contributed by atoms with Crippen molar-refractivity contribution in [2.24, 2.45) is 0 Å². The van der Waals surface area contributed by atoms with E-state index in [1.807, 2.05) is 0 Å². The topological polar surface area (TPSA) is 78.9 Å². The number of β-amino-alcohol motifs (C(OH)–C–C–N with tert-alkyl or cyclic N) is 1. The zero-order valence-electron chi connectivity index (χ0n) is 12.1. The van der Waals surface area contributed by atoms with Crippen molar-refractivity contribution in [2.45, 2.75) is 18.6 Å². The Kier molecular flexibility index (Phi) is 4.43. The maximum absolute atomic E-state index is 13.2. The molecular weight excluding hydrogens is 298 g/mol. The fourth-order valence-corrected chi connectivity index (χ4v) is 2.30. The summed E-state index contributed by atoms with van der Waals surface area (Å²) in [7, 11) is 1.39. The number of amides is 3. The predicted molar refractivity (Wildman–Crippen MR) is 71.8 cm³/mol. The highest BCUT2D eigenvalue weighted by atomic mass is 19.2. The lowest BCUT2D eigenvalue weighted by Gasteiger charge is -2.21. The largest absolute Gasteiger partial charge is 0.387 e. The Morgan fingerprint density at radius 3 is 2.64 bits per heavy atom. The molecule has 1 aliphatic rings. The van der Waals surface area contributed by atoms with Crippen molar-refractivity contribution >= 4 is 11.9 Å². The first kappa shape index (κ1) is 16.3. The van der Waals surface area contributed by atoms with Gasteiger partial charge in [0.05, 0.1) is 19.3 Å². The molecule has 0 saturated carbocycles. The van der Waals surface area contributed by atoms with Crippen LogP contribution in [-0.4, -0.2) is 47.7 Å². The van der Waals surface area contributed by atoms with Crippen LogP contribution in [0.1, 0.15) is 18.6 Å². The van der Waals surface area contributed by atoms with E-state index in [0.29, 0.717) is 0 Å². The molecule has 0 radical (unpaired) electrons. The van der Waals surface area contributed by atoms with Gasteiger partial charge in [-0.2, -0.15) is 0 Å². The molecular formula is C14H16F2N2O4. The van der Waals surface area contributed by atoms with E-state index < -0.39 is 35.2 Å². The number of nitrogens with one attached hydrogen (secondary N) is 1. The maximum atomic E-state index is 13.2. The van der Waals surface area contributed by atoms with Crippen LogP contribution in [0.5, 0.6) is 0 Å². The number of ether oxygens (including phenoxy) is 1. The third-order valence-electron chi connectivity index (χ3n) is 3.46. The number of aliphatic hydroxyl groups is 1. The van der Waals surface area contributed by atoms with Crippen molar-refractivity contribution in [1.82, 2.24) is 10.2 Å². The molecule has 6 nitrogen and oxygen atoms in total. The quantitative estimate of drug-likeness (QED) is 0.793. The average Bonchev–Trinajstić information content (AvgIpc) is 2.65. The molecule has 1 aliphatic heterocycles. The van der Waals surface area contributed by atoms with Gasteiger partial charge in [-0.1, -0.05) is 6.07 Å². The number of carbonyl (C=O) groups excluding carboxylic acids is 2. The number of aliphatic hydroxyl groups excluding tert-OH is 1. The van der Waals surface area contributed by atoms with Gasteiger partial charge in [-0.15, -0.1) is 0 Å². The SMILES string of the molecule is COC[C@]1(C)NC(=O)N(C[C@H](O)c2ccc(F)c(F)c2)C1=O. The number of methoxy groups -OCH3 is 1. The Balaban J connectivity index is 2.14. The van der Waals surface area contributed by atoms with Gasteiger partial charge in [0.1, 0.15) is 5.54 Å². The van der Waals surface area contributed by atoms with Crippen molar-refractivity contribution in [3.05, 3.63) is 35.4 Å². The van der Waals surface area contributed by atoms with Gasteiger partial charge in [0.25, 0.3) is 5.91 Å². The molecule has 22 heavy (non-hydrogen) atoms. The molecule has 1 aromatic rings. The van der Waals surface area contributed by atoms with Gasteiger partial charge in [0.2, 0.25) is 0 Å². The minimum absolute atomic E-state index is 0.0185. The minimum Gasteiger partial charge on any atom is -0.387 e. The number of urea groups is 1. The highest BCUT2D eigenvalue weighted by Gasteiger charge is 2.48. The smallest absolute Gasteiger partial charge is 0.325 e. The van der Waals surface area contributed by atoms with Crippen LogP contribution in [0.4, 0.5) is 13.6 Å². The van der Waals surface area contributed by atoms with Crippen molar-refractivity contribution in [1.29, 1.82) is 0 Å². The summed E-state index contributed by atoms with van der Waals surface area (Å²) in [6.45, 7) is 1.12. The van der Waals surface area contributed by atoms with E-state index in [4.69, 9.17) is 4.74 Å². The van der Waals surface area contributed by atoms with Gasteiger partial charge >= 0.3 is 6.03 Å². The zero-order chi connectivity index (χ0) is 16.5. The third-order valence-corrected chi connectivity index (χ3v) is 3.46. The molecule has 1 aromatic carbocycles. The van der Waals surface area contributed by atoms with Crippen LogP contribution in [-0.2, 0) is 9.53 Å². The minimum atomic E-state index is -1.32. The van der Waals surface area contributed by atoms with Crippen LogP contribution in [0.2, 0.25) is 0 Å². The van der Waals surface area contributed by atoms with E-state index in [2.05, 4.69) is 5.32 Å². The molecule has 1 saturated heterocycles. The molecule has 0 bridgehead atoms. The normalized spacial score (nSPS) is 22.9. The first-order valence-corrected chi connectivity index (χ1v) is 6.54. The van der Waals surface area contributed by atoms with Gasteiger partial charge < -0.3 is 15.2 Å². The number of hydrogen-bond donors (Lipinski definition) is 2. The molecule has 2 rings (SSSR count).